The number of aryl methyl sites for hydroxylation is 1. The lowest BCUT2D eigenvalue weighted by Crippen LogP contribution is -2.26. The van der Waals surface area contributed by atoms with Gasteiger partial charge in [0.1, 0.15) is 5.82 Å². The molecule has 1 aromatic carbocycles. The Bertz CT molecular complexity index is 628. The topological polar surface area (TPSA) is 17.8 Å². The second kappa shape index (κ2) is 7.09. The first kappa shape index (κ1) is 15.9. The first-order valence-corrected chi connectivity index (χ1v) is 10.4. The van der Waals surface area contributed by atoms with E-state index in [1.54, 1.807) is 0 Å². The van der Waals surface area contributed by atoms with Crippen LogP contribution in [0.2, 0.25) is 0 Å². The number of hydrogen-bond acceptors (Lipinski definition) is 2. The smallest absolute Gasteiger partial charge is 0.111 e. The molecule has 1 aliphatic rings. The van der Waals surface area contributed by atoms with E-state index in [9.17, 15) is 0 Å². The molecule has 2 nitrogen and oxygen atoms in total. The van der Waals surface area contributed by atoms with Crippen LogP contribution < -0.4 is 0 Å². The fourth-order valence-electron chi connectivity index (χ4n) is 3.40. The highest BCUT2D eigenvalue weighted by Crippen LogP contribution is 2.38. The van der Waals surface area contributed by atoms with Crippen LogP contribution in [0.4, 0.5) is 0 Å². The maximum Gasteiger partial charge on any atom is 0.111 e. The first-order valence-electron chi connectivity index (χ1n) is 7.49. The summed E-state index contributed by atoms with van der Waals surface area (Å²) >= 11 is 10.4. The fourth-order valence-corrected chi connectivity index (χ4v) is 5.02. The summed E-state index contributed by atoms with van der Waals surface area (Å²) in [5.74, 6) is 1.80. The lowest BCUT2D eigenvalue weighted by Gasteiger charge is -2.33. The van der Waals surface area contributed by atoms with Gasteiger partial charge in [0.05, 0.1) is 11.0 Å². The monoisotopic (exact) mass is 434 g/mol. The third-order valence-corrected chi connectivity index (χ3v) is 6.36. The van der Waals surface area contributed by atoms with Crippen molar-refractivity contribution in [3.8, 4) is 0 Å². The molecule has 3 rings (SSSR count). The van der Waals surface area contributed by atoms with E-state index >= 15 is 0 Å². The Hall–Kier alpha value is 0.0600. The van der Waals surface area contributed by atoms with E-state index in [4.69, 9.17) is 16.6 Å². The summed E-state index contributed by atoms with van der Waals surface area (Å²) in [7, 11) is 0. The van der Waals surface area contributed by atoms with Gasteiger partial charge >= 0.3 is 0 Å². The highest BCUT2D eigenvalue weighted by Gasteiger charge is 2.28. The second-order valence-electron chi connectivity index (χ2n) is 5.60. The van der Waals surface area contributed by atoms with Crippen LogP contribution in [0.3, 0.4) is 0 Å². The number of alkyl halides is 1. The fraction of sp³-hybridized carbons (Fsp3) is 0.562. The van der Waals surface area contributed by atoms with Gasteiger partial charge in [-0.15, -0.1) is 11.6 Å². The van der Waals surface area contributed by atoms with Crippen molar-refractivity contribution in [2.75, 3.05) is 12.1 Å². The number of rotatable bonds is 4. The van der Waals surface area contributed by atoms with Gasteiger partial charge in [-0.1, -0.05) is 12.8 Å². The summed E-state index contributed by atoms with van der Waals surface area (Å²) in [5.41, 5.74) is 2.40. The molecule has 2 unspecified atom stereocenters. The van der Waals surface area contributed by atoms with Crippen LogP contribution in [0.1, 0.15) is 37.5 Å². The molecular formula is C16H20ClIN2S. The molecule has 1 aromatic heterocycles. The Labute approximate surface area is 149 Å². The minimum absolute atomic E-state index is 0.567. The van der Waals surface area contributed by atoms with Crippen LogP contribution >= 0.6 is 46.0 Å². The number of thioether (sulfide) groups is 1. The van der Waals surface area contributed by atoms with Crippen molar-refractivity contribution in [2.45, 2.75) is 43.4 Å². The van der Waals surface area contributed by atoms with Gasteiger partial charge in [-0.2, -0.15) is 11.8 Å². The number of aromatic nitrogens is 2. The van der Waals surface area contributed by atoms with Crippen molar-refractivity contribution < 1.29 is 0 Å². The molecular weight excluding hydrogens is 415 g/mol. The third-order valence-electron chi connectivity index (χ3n) is 4.34. The van der Waals surface area contributed by atoms with Gasteiger partial charge < -0.3 is 4.57 Å². The van der Waals surface area contributed by atoms with Crippen molar-refractivity contribution in [1.82, 2.24) is 9.55 Å². The highest BCUT2D eigenvalue weighted by atomic mass is 127. The van der Waals surface area contributed by atoms with E-state index in [0.29, 0.717) is 17.2 Å². The molecule has 1 heterocycles. The summed E-state index contributed by atoms with van der Waals surface area (Å²) < 4.78 is 3.74. The molecule has 114 valence electrons. The van der Waals surface area contributed by atoms with Crippen molar-refractivity contribution in [3.63, 3.8) is 0 Å². The Kier molecular flexibility index (Phi) is 5.38. The first-order chi connectivity index (χ1) is 10.2. The SMILES string of the molecule is CSC1CCCCC1n1c(CCCl)nc2cc(I)ccc21. The molecule has 0 radical (unpaired) electrons. The van der Waals surface area contributed by atoms with Gasteiger partial charge in [-0.05, 0) is 59.9 Å². The Morgan fingerprint density at radius 3 is 2.95 bits per heavy atom. The van der Waals surface area contributed by atoms with Crippen molar-refractivity contribution in [2.24, 2.45) is 0 Å². The molecule has 5 heteroatoms. The maximum atomic E-state index is 6.02. The zero-order valence-corrected chi connectivity index (χ0v) is 15.9. The molecule has 0 bridgehead atoms. The normalized spacial score (nSPS) is 22.8. The number of halogens is 2. The standard InChI is InChI=1S/C16H20ClIN2S/c1-21-15-5-3-2-4-14(15)20-13-7-6-11(18)10-12(13)19-16(20)8-9-17/h6-7,10,14-15H,2-5,8-9H2,1H3. The number of nitrogens with zero attached hydrogens (tertiary/aromatic N) is 2. The number of fused-ring (bicyclic) bond motifs is 1. The van der Waals surface area contributed by atoms with Crippen molar-refractivity contribution >= 4 is 57.0 Å². The molecule has 1 aliphatic carbocycles. The quantitative estimate of drug-likeness (QED) is 0.482. The molecule has 2 atom stereocenters. The average Bonchev–Trinajstić information content (AvgIpc) is 2.84. The zero-order valence-electron chi connectivity index (χ0n) is 12.2. The predicted octanol–water partition coefficient (Wildman–Crippen LogP) is 5.27. The Balaban J connectivity index is 2.11. The van der Waals surface area contributed by atoms with Crippen LogP contribution in [-0.2, 0) is 6.42 Å². The lowest BCUT2D eigenvalue weighted by molar-refractivity contribution is 0.364. The van der Waals surface area contributed by atoms with Gasteiger partial charge in [0.25, 0.3) is 0 Å². The molecule has 0 aliphatic heterocycles. The second-order valence-corrected chi connectivity index (χ2v) is 8.30. The van der Waals surface area contributed by atoms with Crippen LogP contribution in [0.25, 0.3) is 11.0 Å². The molecule has 0 spiro atoms. The predicted molar refractivity (Wildman–Crippen MR) is 102 cm³/mol. The van der Waals surface area contributed by atoms with Crippen LogP contribution in [0.5, 0.6) is 0 Å². The van der Waals surface area contributed by atoms with E-state index in [0.717, 1.165) is 17.8 Å². The molecule has 0 amide bonds. The largest absolute Gasteiger partial charge is 0.324 e. The van der Waals surface area contributed by atoms with Gasteiger partial charge in [0.2, 0.25) is 0 Å². The van der Waals surface area contributed by atoms with E-state index < -0.39 is 0 Å². The minimum atomic E-state index is 0.567. The van der Waals surface area contributed by atoms with Crippen LogP contribution in [-0.4, -0.2) is 26.9 Å². The van der Waals surface area contributed by atoms with Crippen LogP contribution in [0, 0.1) is 3.57 Å². The Morgan fingerprint density at radius 2 is 2.19 bits per heavy atom. The van der Waals surface area contributed by atoms with Crippen molar-refractivity contribution in [1.29, 1.82) is 0 Å². The van der Waals surface area contributed by atoms with Crippen LogP contribution in [0.15, 0.2) is 18.2 Å². The number of benzene rings is 1. The lowest BCUT2D eigenvalue weighted by atomic mass is 9.94. The summed E-state index contributed by atoms with van der Waals surface area (Å²) in [6.45, 7) is 0. The third kappa shape index (κ3) is 3.22. The number of imidazole rings is 1. The molecule has 21 heavy (non-hydrogen) atoms. The average molecular weight is 435 g/mol. The van der Waals surface area contributed by atoms with Gasteiger partial charge in [-0.25, -0.2) is 4.98 Å². The van der Waals surface area contributed by atoms with Gasteiger partial charge in [0, 0.05) is 27.2 Å². The maximum absolute atomic E-state index is 6.02. The summed E-state index contributed by atoms with van der Waals surface area (Å²) in [6.07, 6.45) is 8.36. The Morgan fingerprint density at radius 1 is 1.38 bits per heavy atom. The minimum Gasteiger partial charge on any atom is -0.324 e. The zero-order chi connectivity index (χ0) is 14.8. The summed E-state index contributed by atoms with van der Waals surface area (Å²) in [4.78, 5) is 4.87. The summed E-state index contributed by atoms with van der Waals surface area (Å²) in [6, 6.07) is 7.16. The van der Waals surface area contributed by atoms with E-state index in [1.165, 1.54) is 34.8 Å². The molecule has 1 saturated carbocycles. The number of hydrogen-bond donors (Lipinski definition) is 0. The van der Waals surface area contributed by atoms with Gasteiger partial charge in [-0.3, -0.25) is 0 Å². The molecule has 0 N–H and O–H groups in total. The van der Waals surface area contributed by atoms with E-state index in [-0.39, 0.29) is 0 Å². The highest BCUT2D eigenvalue weighted by molar-refractivity contribution is 14.1. The molecule has 0 saturated heterocycles. The summed E-state index contributed by atoms with van der Waals surface area (Å²) in [5, 5.41) is 0.699. The van der Waals surface area contributed by atoms with Crippen molar-refractivity contribution in [3.05, 3.63) is 27.6 Å². The van der Waals surface area contributed by atoms with E-state index in [1.807, 2.05) is 11.8 Å². The van der Waals surface area contributed by atoms with E-state index in [2.05, 4.69) is 51.6 Å². The molecule has 1 fully saturated rings. The molecule has 2 aromatic rings. The van der Waals surface area contributed by atoms with Gasteiger partial charge in [0.15, 0.2) is 0 Å².